The normalized spacial score (nSPS) is 21.6. The lowest BCUT2D eigenvalue weighted by Gasteiger charge is -2.30. The first-order valence-electron chi connectivity index (χ1n) is 6.71. The summed E-state index contributed by atoms with van der Waals surface area (Å²) in [6, 6.07) is 0. The topological polar surface area (TPSA) is 50.2 Å². The lowest BCUT2D eigenvalue weighted by molar-refractivity contribution is 0.0646. The van der Waals surface area contributed by atoms with E-state index in [1.54, 1.807) is 0 Å². The van der Waals surface area contributed by atoms with Gasteiger partial charge in [-0.2, -0.15) is 0 Å². The summed E-state index contributed by atoms with van der Waals surface area (Å²) < 4.78 is 2.04. The number of carbonyl (C=O) groups is 1. The van der Waals surface area contributed by atoms with E-state index in [0.717, 1.165) is 44.8 Å². The van der Waals surface area contributed by atoms with E-state index in [-0.39, 0.29) is 11.4 Å². The maximum Gasteiger partial charge on any atom is 0.274 e. The molecule has 0 saturated carbocycles. The van der Waals surface area contributed by atoms with E-state index in [1.165, 1.54) is 0 Å². The average Bonchev–Trinajstić information content (AvgIpc) is 2.90. The summed E-state index contributed by atoms with van der Waals surface area (Å²) in [6.45, 7) is 7.01. The van der Waals surface area contributed by atoms with Crippen molar-refractivity contribution in [2.24, 2.45) is 0 Å². The molecule has 2 aliphatic rings. The second-order valence-electron chi connectivity index (χ2n) is 5.80. The van der Waals surface area contributed by atoms with Crippen LogP contribution in [0.3, 0.4) is 0 Å². The first kappa shape index (κ1) is 11.6. The van der Waals surface area contributed by atoms with Crippen molar-refractivity contribution in [1.82, 2.24) is 14.5 Å². The zero-order valence-electron chi connectivity index (χ0n) is 11.1. The van der Waals surface area contributed by atoms with Gasteiger partial charge in [-0.3, -0.25) is 4.79 Å². The Kier molecular flexibility index (Phi) is 2.57. The van der Waals surface area contributed by atoms with Crippen molar-refractivity contribution in [3.63, 3.8) is 0 Å². The van der Waals surface area contributed by atoms with Gasteiger partial charge < -0.3 is 14.8 Å². The van der Waals surface area contributed by atoms with Crippen LogP contribution < -0.4 is 5.32 Å². The quantitative estimate of drug-likeness (QED) is 0.823. The van der Waals surface area contributed by atoms with Crippen molar-refractivity contribution in [3.05, 3.63) is 11.9 Å². The first-order valence-corrected chi connectivity index (χ1v) is 6.71. The van der Waals surface area contributed by atoms with Crippen LogP contribution in [0.15, 0.2) is 6.20 Å². The van der Waals surface area contributed by atoms with Crippen LogP contribution in [0.2, 0.25) is 0 Å². The number of nitrogens with one attached hydrogen (secondary N) is 1. The van der Waals surface area contributed by atoms with Gasteiger partial charge in [0.15, 0.2) is 0 Å². The minimum Gasteiger partial charge on any atom is -0.356 e. The third kappa shape index (κ3) is 1.78. The van der Waals surface area contributed by atoms with Gasteiger partial charge in [-0.05, 0) is 33.1 Å². The molecule has 1 N–H and O–H groups in total. The highest BCUT2D eigenvalue weighted by atomic mass is 16.2. The highest BCUT2D eigenvalue weighted by Gasteiger charge is 2.36. The van der Waals surface area contributed by atoms with E-state index in [2.05, 4.69) is 24.1 Å². The third-order valence-corrected chi connectivity index (χ3v) is 4.00. The van der Waals surface area contributed by atoms with Crippen molar-refractivity contribution in [1.29, 1.82) is 0 Å². The van der Waals surface area contributed by atoms with Crippen LogP contribution in [0.4, 0.5) is 5.95 Å². The Labute approximate surface area is 107 Å². The molecule has 1 amide bonds. The fraction of sp³-hybridized carbons (Fsp3) is 0.692. The second-order valence-corrected chi connectivity index (χ2v) is 5.80. The van der Waals surface area contributed by atoms with Gasteiger partial charge in [0.2, 0.25) is 5.95 Å². The molecule has 1 fully saturated rings. The standard InChI is InChI=1S/C13H20N4O/c1-13(2)5-3-8-17(13)11(18)10-9-16-7-4-6-14-12(16)15-10/h9H,3-8H2,1-2H3,(H,14,15). The zero-order valence-corrected chi connectivity index (χ0v) is 11.1. The van der Waals surface area contributed by atoms with E-state index in [9.17, 15) is 4.79 Å². The van der Waals surface area contributed by atoms with Crippen LogP contribution in [-0.4, -0.2) is 39.0 Å². The maximum absolute atomic E-state index is 12.5. The molecule has 0 spiro atoms. The molecule has 1 aromatic heterocycles. The largest absolute Gasteiger partial charge is 0.356 e. The molecule has 5 nitrogen and oxygen atoms in total. The Morgan fingerprint density at radius 1 is 1.39 bits per heavy atom. The molecule has 3 rings (SSSR count). The molecule has 1 aromatic rings. The second kappa shape index (κ2) is 4.00. The van der Waals surface area contributed by atoms with Crippen LogP contribution in [0, 0.1) is 0 Å². The minimum atomic E-state index is -0.0331. The molecule has 18 heavy (non-hydrogen) atoms. The number of aryl methyl sites for hydroxylation is 1. The first-order chi connectivity index (χ1) is 8.58. The van der Waals surface area contributed by atoms with Gasteiger partial charge in [0.25, 0.3) is 5.91 Å². The Balaban J connectivity index is 1.86. The predicted molar refractivity (Wildman–Crippen MR) is 69.7 cm³/mol. The highest BCUT2D eigenvalue weighted by molar-refractivity contribution is 5.93. The summed E-state index contributed by atoms with van der Waals surface area (Å²) in [5.74, 6) is 0.905. The van der Waals surface area contributed by atoms with Crippen molar-refractivity contribution >= 4 is 11.9 Å². The minimum absolute atomic E-state index is 0.0331. The Morgan fingerprint density at radius 2 is 2.22 bits per heavy atom. The van der Waals surface area contributed by atoms with Crippen LogP contribution in [0.5, 0.6) is 0 Å². The number of aromatic nitrogens is 2. The predicted octanol–water partition coefficient (Wildman–Crippen LogP) is 1.71. The van der Waals surface area contributed by atoms with Gasteiger partial charge in [0.1, 0.15) is 5.69 Å². The molecule has 0 atom stereocenters. The Hall–Kier alpha value is -1.52. The van der Waals surface area contributed by atoms with E-state index in [0.29, 0.717) is 5.69 Å². The summed E-state index contributed by atoms with van der Waals surface area (Å²) in [4.78, 5) is 18.9. The summed E-state index contributed by atoms with van der Waals surface area (Å²) in [5, 5.41) is 3.23. The van der Waals surface area contributed by atoms with Crippen molar-refractivity contribution in [3.8, 4) is 0 Å². The molecule has 1 saturated heterocycles. The summed E-state index contributed by atoms with van der Waals surface area (Å²) in [6.07, 6.45) is 5.14. The molecule has 98 valence electrons. The van der Waals surface area contributed by atoms with Crippen LogP contribution >= 0.6 is 0 Å². The van der Waals surface area contributed by atoms with Gasteiger partial charge in [-0.25, -0.2) is 4.98 Å². The van der Waals surface area contributed by atoms with E-state index in [1.807, 2.05) is 15.7 Å². The fourth-order valence-corrected chi connectivity index (χ4v) is 2.90. The third-order valence-electron chi connectivity index (χ3n) is 4.00. The number of hydrogen-bond acceptors (Lipinski definition) is 3. The number of rotatable bonds is 1. The van der Waals surface area contributed by atoms with Crippen LogP contribution in [0.25, 0.3) is 0 Å². The Morgan fingerprint density at radius 3 is 2.89 bits per heavy atom. The molecule has 0 aromatic carbocycles. The average molecular weight is 248 g/mol. The van der Waals surface area contributed by atoms with Crippen LogP contribution in [-0.2, 0) is 6.54 Å². The van der Waals surface area contributed by atoms with E-state index >= 15 is 0 Å². The van der Waals surface area contributed by atoms with Crippen LogP contribution in [0.1, 0.15) is 43.6 Å². The maximum atomic E-state index is 12.5. The number of amides is 1. The molecular formula is C13H20N4O. The SMILES string of the molecule is CC1(C)CCCN1C(=O)c1cn2c(n1)NCCC2. The molecule has 0 radical (unpaired) electrons. The van der Waals surface area contributed by atoms with Crippen molar-refractivity contribution in [2.75, 3.05) is 18.4 Å². The van der Waals surface area contributed by atoms with Crippen molar-refractivity contribution < 1.29 is 4.79 Å². The molecular weight excluding hydrogens is 228 g/mol. The fourth-order valence-electron chi connectivity index (χ4n) is 2.90. The molecule has 0 bridgehead atoms. The lowest BCUT2D eigenvalue weighted by Crippen LogP contribution is -2.42. The van der Waals surface area contributed by atoms with Gasteiger partial charge in [0, 0.05) is 31.4 Å². The molecule has 3 heterocycles. The molecule has 2 aliphatic heterocycles. The number of imidazole rings is 1. The number of carbonyl (C=O) groups excluding carboxylic acids is 1. The van der Waals surface area contributed by atoms with E-state index in [4.69, 9.17) is 0 Å². The van der Waals surface area contributed by atoms with Gasteiger partial charge in [0.05, 0.1) is 0 Å². The number of fused-ring (bicyclic) bond motifs is 1. The smallest absolute Gasteiger partial charge is 0.274 e. The monoisotopic (exact) mass is 248 g/mol. The lowest BCUT2D eigenvalue weighted by atomic mass is 10.0. The Bertz CT molecular complexity index is 454. The van der Waals surface area contributed by atoms with Gasteiger partial charge >= 0.3 is 0 Å². The summed E-state index contributed by atoms with van der Waals surface area (Å²) in [7, 11) is 0. The zero-order chi connectivity index (χ0) is 12.8. The molecule has 0 aliphatic carbocycles. The van der Waals surface area contributed by atoms with Gasteiger partial charge in [-0.15, -0.1) is 0 Å². The molecule has 0 unspecified atom stereocenters. The summed E-state index contributed by atoms with van der Waals surface area (Å²) in [5.41, 5.74) is 0.545. The van der Waals surface area contributed by atoms with Crippen molar-refractivity contribution in [2.45, 2.75) is 45.2 Å². The molecule has 5 heteroatoms. The number of nitrogens with zero attached hydrogens (tertiary/aromatic N) is 3. The summed E-state index contributed by atoms with van der Waals surface area (Å²) >= 11 is 0. The highest BCUT2D eigenvalue weighted by Crippen LogP contribution is 2.30. The van der Waals surface area contributed by atoms with Gasteiger partial charge in [-0.1, -0.05) is 0 Å². The number of anilines is 1. The number of hydrogen-bond donors (Lipinski definition) is 1. The number of likely N-dealkylation sites (tertiary alicyclic amines) is 1. The van der Waals surface area contributed by atoms with E-state index < -0.39 is 0 Å².